The Morgan fingerprint density at radius 2 is 2.33 bits per heavy atom. The first-order valence-electron chi connectivity index (χ1n) is 5.26. The smallest absolute Gasteiger partial charge is 0.131 e. The number of rotatable bonds is 1. The molecule has 0 spiro atoms. The third-order valence-electron chi connectivity index (χ3n) is 2.54. The Hall–Kier alpha value is -1.29. The Balaban J connectivity index is 2.20. The molecule has 4 nitrogen and oxygen atoms in total. The van der Waals surface area contributed by atoms with E-state index in [0.29, 0.717) is 5.82 Å². The molecule has 82 valence electrons. The summed E-state index contributed by atoms with van der Waals surface area (Å²) in [5.41, 5.74) is 6.88. The number of hydrogen-bond acceptors (Lipinski definition) is 4. The zero-order chi connectivity index (χ0) is 10.8. The highest BCUT2D eigenvalue weighted by molar-refractivity contribution is 5.48. The lowest BCUT2D eigenvalue weighted by molar-refractivity contribution is 0.0529. The van der Waals surface area contributed by atoms with Gasteiger partial charge >= 0.3 is 0 Å². The van der Waals surface area contributed by atoms with Crippen LogP contribution in [-0.2, 0) is 4.74 Å². The van der Waals surface area contributed by atoms with Gasteiger partial charge in [0.1, 0.15) is 11.6 Å². The monoisotopic (exact) mass is 207 g/mol. The van der Waals surface area contributed by atoms with E-state index in [0.717, 1.165) is 31.1 Å². The first-order valence-corrected chi connectivity index (χ1v) is 5.26. The lowest BCUT2D eigenvalue weighted by Crippen LogP contribution is -2.41. The van der Waals surface area contributed by atoms with Crippen LogP contribution in [0.25, 0.3) is 0 Å². The van der Waals surface area contributed by atoms with Crippen LogP contribution in [0.15, 0.2) is 12.1 Å². The maximum absolute atomic E-state index is 5.73. The minimum absolute atomic E-state index is 0.266. The van der Waals surface area contributed by atoms with Crippen LogP contribution in [0.5, 0.6) is 0 Å². The summed E-state index contributed by atoms with van der Waals surface area (Å²) in [6.07, 6.45) is 0.266. The topological polar surface area (TPSA) is 51.4 Å². The molecule has 0 bridgehead atoms. The predicted octanol–water partition coefficient (Wildman–Crippen LogP) is 1.20. The molecule has 1 aliphatic rings. The van der Waals surface area contributed by atoms with E-state index >= 15 is 0 Å². The van der Waals surface area contributed by atoms with Gasteiger partial charge in [-0.2, -0.15) is 0 Å². The number of nitrogen functional groups attached to an aromatic ring is 1. The molecule has 2 rings (SSSR count). The summed E-state index contributed by atoms with van der Waals surface area (Å²) in [4.78, 5) is 6.56. The fraction of sp³-hybridized carbons (Fsp3) is 0.545. The Bertz CT molecular complexity index is 333. The van der Waals surface area contributed by atoms with Gasteiger partial charge in [0.2, 0.25) is 0 Å². The van der Waals surface area contributed by atoms with Crippen LogP contribution in [0.1, 0.15) is 12.5 Å². The third-order valence-corrected chi connectivity index (χ3v) is 2.54. The molecule has 4 heteroatoms. The molecule has 1 atom stereocenters. The van der Waals surface area contributed by atoms with Gasteiger partial charge < -0.3 is 15.4 Å². The van der Waals surface area contributed by atoms with Crippen LogP contribution in [-0.4, -0.2) is 30.8 Å². The molecule has 1 saturated heterocycles. The Kier molecular flexibility index (Phi) is 2.77. The first kappa shape index (κ1) is 10.2. The molecule has 0 radical (unpaired) electrons. The van der Waals surface area contributed by atoms with Crippen molar-refractivity contribution < 1.29 is 4.74 Å². The summed E-state index contributed by atoms with van der Waals surface area (Å²) in [6.45, 7) is 6.64. The van der Waals surface area contributed by atoms with Crippen molar-refractivity contribution in [2.45, 2.75) is 20.0 Å². The minimum Gasteiger partial charge on any atom is -0.384 e. The van der Waals surface area contributed by atoms with Gasteiger partial charge in [-0.25, -0.2) is 4.98 Å². The van der Waals surface area contributed by atoms with Crippen LogP contribution in [0.3, 0.4) is 0 Å². The summed E-state index contributed by atoms with van der Waals surface area (Å²) in [5, 5.41) is 0. The Morgan fingerprint density at radius 3 is 3.00 bits per heavy atom. The minimum atomic E-state index is 0.266. The molecule has 0 aliphatic carbocycles. The quantitative estimate of drug-likeness (QED) is 0.751. The second kappa shape index (κ2) is 4.06. The molecule has 1 unspecified atom stereocenters. The zero-order valence-electron chi connectivity index (χ0n) is 9.23. The van der Waals surface area contributed by atoms with Gasteiger partial charge in [0, 0.05) is 13.1 Å². The highest BCUT2D eigenvalue weighted by Gasteiger charge is 2.18. The van der Waals surface area contributed by atoms with Crippen LogP contribution < -0.4 is 10.6 Å². The van der Waals surface area contributed by atoms with Gasteiger partial charge in [0.15, 0.2) is 0 Å². The van der Waals surface area contributed by atoms with Gasteiger partial charge in [0.25, 0.3) is 0 Å². The summed E-state index contributed by atoms with van der Waals surface area (Å²) in [5.74, 6) is 1.55. The lowest BCUT2D eigenvalue weighted by Gasteiger charge is -2.32. The molecule has 0 saturated carbocycles. The van der Waals surface area contributed by atoms with E-state index in [1.165, 1.54) is 0 Å². The van der Waals surface area contributed by atoms with E-state index in [-0.39, 0.29) is 6.10 Å². The first-order chi connectivity index (χ1) is 7.15. The molecule has 0 amide bonds. The fourth-order valence-electron chi connectivity index (χ4n) is 1.86. The largest absolute Gasteiger partial charge is 0.384 e. The van der Waals surface area contributed by atoms with Crippen molar-refractivity contribution in [1.82, 2.24) is 4.98 Å². The predicted molar refractivity (Wildman–Crippen MR) is 61.0 cm³/mol. The number of aromatic nitrogens is 1. The Labute approximate surface area is 90.0 Å². The molecule has 15 heavy (non-hydrogen) atoms. The highest BCUT2D eigenvalue weighted by atomic mass is 16.5. The maximum Gasteiger partial charge on any atom is 0.131 e. The van der Waals surface area contributed by atoms with E-state index in [1.54, 1.807) is 0 Å². The van der Waals surface area contributed by atoms with Gasteiger partial charge in [-0.05, 0) is 31.5 Å². The van der Waals surface area contributed by atoms with Crippen LogP contribution in [0, 0.1) is 6.92 Å². The van der Waals surface area contributed by atoms with Gasteiger partial charge in [-0.3, -0.25) is 0 Å². The molecule has 2 heterocycles. The van der Waals surface area contributed by atoms with Crippen molar-refractivity contribution in [1.29, 1.82) is 0 Å². The van der Waals surface area contributed by atoms with Crippen molar-refractivity contribution in [3.63, 3.8) is 0 Å². The summed E-state index contributed by atoms with van der Waals surface area (Å²) in [7, 11) is 0. The average Bonchev–Trinajstić information content (AvgIpc) is 2.16. The maximum atomic E-state index is 5.73. The number of morpholine rings is 1. The highest BCUT2D eigenvalue weighted by Crippen LogP contribution is 2.18. The Morgan fingerprint density at radius 1 is 1.53 bits per heavy atom. The van der Waals surface area contributed by atoms with Gasteiger partial charge in [-0.1, -0.05) is 0 Å². The SMILES string of the molecule is Cc1cc(N)nc(N2CCOC(C)C2)c1. The molecule has 1 aromatic rings. The van der Waals surface area contributed by atoms with Crippen molar-refractivity contribution in [3.05, 3.63) is 17.7 Å². The average molecular weight is 207 g/mol. The number of ether oxygens (including phenoxy) is 1. The zero-order valence-corrected chi connectivity index (χ0v) is 9.23. The third kappa shape index (κ3) is 2.39. The van der Waals surface area contributed by atoms with Crippen molar-refractivity contribution in [2.75, 3.05) is 30.3 Å². The molecular weight excluding hydrogens is 190 g/mol. The summed E-state index contributed by atoms with van der Waals surface area (Å²) < 4.78 is 5.49. The van der Waals surface area contributed by atoms with Crippen LogP contribution >= 0.6 is 0 Å². The standard InChI is InChI=1S/C11H17N3O/c1-8-5-10(12)13-11(6-8)14-3-4-15-9(2)7-14/h5-6,9H,3-4,7H2,1-2H3,(H2,12,13). The second-order valence-corrected chi connectivity index (χ2v) is 4.05. The number of aryl methyl sites for hydroxylation is 1. The van der Waals surface area contributed by atoms with E-state index < -0.39 is 0 Å². The fourth-order valence-corrected chi connectivity index (χ4v) is 1.86. The van der Waals surface area contributed by atoms with Gasteiger partial charge in [-0.15, -0.1) is 0 Å². The molecule has 2 N–H and O–H groups in total. The van der Waals surface area contributed by atoms with E-state index in [1.807, 2.05) is 13.0 Å². The molecule has 0 aromatic carbocycles. The van der Waals surface area contributed by atoms with E-state index in [2.05, 4.69) is 22.9 Å². The molecular formula is C11H17N3O. The molecule has 1 aliphatic heterocycles. The number of anilines is 2. The summed E-state index contributed by atoms with van der Waals surface area (Å²) >= 11 is 0. The normalized spacial score (nSPS) is 21.7. The van der Waals surface area contributed by atoms with E-state index in [9.17, 15) is 0 Å². The lowest BCUT2D eigenvalue weighted by atomic mass is 10.2. The molecule has 1 aromatic heterocycles. The van der Waals surface area contributed by atoms with Crippen LogP contribution in [0.4, 0.5) is 11.6 Å². The van der Waals surface area contributed by atoms with Crippen molar-refractivity contribution >= 4 is 11.6 Å². The number of nitrogens with two attached hydrogens (primary N) is 1. The van der Waals surface area contributed by atoms with Gasteiger partial charge in [0.05, 0.1) is 12.7 Å². The summed E-state index contributed by atoms with van der Waals surface area (Å²) in [6, 6.07) is 3.95. The molecule has 1 fully saturated rings. The van der Waals surface area contributed by atoms with Crippen molar-refractivity contribution in [3.8, 4) is 0 Å². The van der Waals surface area contributed by atoms with Crippen LogP contribution in [0.2, 0.25) is 0 Å². The number of hydrogen-bond donors (Lipinski definition) is 1. The number of nitrogens with zero attached hydrogens (tertiary/aromatic N) is 2. The van der Waals surface area contributed by atoms with E-state index in [4.69, 9.17) is 10.5 Å². The second-order valence-electron chi connectivity index (χ2n) is 4.05. The van der Waals surface area contributed by atoms with Crippen molar-refractivity contribution in [2.24, 2.45) is 0 Å². The number of pyridine rings is 1.